The molecule has 4 rings (SSSR count). The predicted octanol–water partition coefficient (Wildman–Crippen LogP) is 2.58. The van der Waals surface area contributed by atoms with Crippen LogP contribution in [0.25, 0.3) is 0 Å². The molecule has 0 spiro atoms. The van der Waals surface area contributed by atoms with Crippen LogP contribution in [0.5, 0.6) is 5.88 Å². The van der Waals surface area contributed by atoms with E-state index in [0.717, 1.165) is 18.7 Å². The first-order chi connectivity index (χ1) is 14.6. The van der Waals surface area contributed by atoms with Crippen LogP contribution in [0.1, 0.15) is 40.6 Å². The average molecular weight is 407 g/mol. The highest BCUT2D eigenvalue weighted by atomic mass is 16.5. The Balaban J connectivity index is 1.33. The number of amides is 1. The van der Waals surface area contributed by atoms with E-state index in [9.17, 15) is 4.79 Å². The number of ether oxygens (including phenoxy) is 1. The van der Waals surface area contributed by atoms with Crippen molar-refractivity contribution in [3.05, 3.63) is 71.5 Å². The second-order valence-corrected chi connectivity index (χ2v) is 7.30. The largest absolute Gasteiger partial charge is 0.481 e. The van der Waals surface area contributed by atoms with Crippen molar-refractivity contribution in [3.63, 3.8) is 0 Å². The van der Waals surface area contributed by atoms with E-state index in [-0.39, 0.29) is 11.9 Å². The first kappa shape index (κ1) is 20.0. The van der Waals surface area contributed by atoms with E-state index in [1.165, 1.54) is 0 Å². The van der Waals surface area contributed by atoms with E-state index in [4.69, 9.17) is 9.26 Å². The molecule has 30 heavy (non-hydrogen) atoms. The van der Waals surface area contributed by atoms with E-state index in [1.54, 1.807) is 25.4 Å². The van der Waals surface area contributed by atoms with Crippen molar-refractivity contribution in [1.29, 1.82) is 0 Å². The fourth-order valence-corrected chi connectivity index (χ4v) is 3.57. The SMILES string of the molecule is COc1ccc(C(=O)N2CCN(C(C)c3nc(Cc4ccccc4)no3)CC2)cn1. The van der Waals surface area contributed by atoms with Crippen molar-refractivity contribution >= 4 is 5.91 Å². The maximum atomic E-state index is 12.7. The van der Waals surface area contributed by atoms with Gasteiger partial charge in [-0.2, -0.15) is 4.98 Å². The minimum atomic E-state index is -0.0135. The standard InChI is InChI=1S/C22H25N5O3/c1-16(21-24-19(25-30-21)14-17-6-4-3-5-7-17)26-10-12-27(13-11-26)22(28)18-8-9-20(29-2)23-15-18/h3-9,15-16H,10-14H2,1-2H3. The van der Waals surface area contributed by atoms with Crippen LogP contribution in [-0.4, -0.2) is 64.1 Å². The van der Waals surface area contributed by atoms with Gasteiger partial charge in [0.25, 0.3) is 5.91 Å². The molecule has 1 aliphatic heterocycles. The summed E-state index contributed by atoms with van der Waals surface area (Å²) in [5, 5.41) is 4.13. The Kier molecular flexibility index (Phi) is 6.04. The average Bonchev–Trinajstić information content (AvgIpc) is 3.27. The molecule has 1 amide bonds. The molecule has 1 fully saturated rings. The molecule has 3 aromatic rings. The monoisotopic (exact) mass is 407 g/mol. The highest BCUT2D eigenvalue weighted by Gasteiger charge is 2.28. The van der Waals surface area contributed by atoms with Crippen molar-refractivity contribution < 1.29 is 14.1 Å². The van der Waals surface area contributed by atoms with Crippen LogP contribution >= 0.6 is 0 Å². The van der Waals surface area contributed by atoms with Gasteiger partial charge in [-0.05, 0) is 18.6 Å². The first-order valence-electron chi connectivity index (χ1n) is 10.0. The fourth-order valence-electron chi connectivity index (χ4n) is 3.57. The molecular weight excluding hydrogens is 382 g/mol. The quantitative estimate of drug-likeness (QED) is 0.621. The van der Waals surface area contributed by atoms with Gasteiger partial charge in [-0.3, -0.25) is 9.69 Å². The Morgan fingerprint density at radius 2 is 1.90 bits per heavy atom. The third kappa shape index (κ3) is 4.49. The van der Waals surface area contributed by atoms with Gasteiger partial charge in [0.15, 0.2) is 5.82 Å². The Morgan fingerprint density at radius 3 is 2.57 bits per heavy atom. The van der Waals surface area contributed by atoms with Gasteiger partial charge in [0.1, 0.15) is 0 Å². The van der Waals surface area contributed by atoms with Crippen molar-refractivity contribution in [2.45, 2.75) is 19.4 Å². The number of carbonyl (C=O) groups excluding carboxylic acids is 1. The molecule has 1 unspecified atom stereocenters. The number of benzene rings is 1. The molecule has 156 valence electrons. The molecular formula is C22H25N5O3. The third-order valence-electron chi connectivity index (χ3n) is 5.39. The van der Waals surface area contributed by atoms with Gasteiger partial charge >= 0.3 is 0 Å². The third-order valence-corrected chi connectivity index (χ3v) is 5.39. The van der Waals surface area contributed by atoms with Crippen LogP contribution in [0.3, 0.4) is 0 Å². The molecule has 0 radical (unpaired) electrons. The maximum absolute atomic E-state index is 12.7. The number of piperazine rings is 1. The summed E-state index contributed by atoms with van der Waals surface area (Å²) in [6.45, 7) is 4.82. The first-order valence-corrected chi connectivity index (χ1v) is 10.0. The lowest BCUT2D eigenvalue weighted by Crippen LogP contribution is -2.49. The van der Waals surface area contributed by atoms with Crippen LogP contribution in [0.2, 0.25) is 0 Å². The number of methoxy groups -OCH3 is 1. The molecule has 8 heteroatoms. The van der Waals surface area contributed by atoms with Crippen LogP contribution in [0.4, 0.5) is 0 Å². The van der Waals surface area contributed by atoms with Crippen molar-refractivity contribution in [2.75, 3.05) is 33.3 Å². The Hall–Kier alpha value is -3.26. The van der Waals surface area contributed by atoms with E-state index >= 15 is 0 Å². The van der Waals surface area contributed by atoms with Gasteiger partial charge < -0.3 is 14.2 Å². The van der Waals surface area contributed by atoms with Crippen LogP contribution in [0, 0.1) is 0 Å². The van der Waals surface area contributed by atoms with Gasteiger partial charge in [0.2, 0.25) is 11.8 Å². The molecule has 0 bridgehead atoms. The van der Waals surface area contributed by atoms with E-state index in [2.05, 4.69) is 26.9 Å². The van der Waals surface area contributed by atoms with Crippen LogP contribution in [0.15, 0.2) is 53.2 Å². The van der Waals surface area contributed by atoms with Crippen molar-refractivity contribution in [1.82, 2.24) is 24.9 Å². The smallest absolute Gasteiger partial charge is 0.255 e. The summed E-state index contributed by atoms with van der Waals surface area (Å²) >= 11 is 0. The number of carbonyl (C=O) groups is 1. The molecule has 1 atom stereocenters. The Labute approximate surface area is 175 Å². The maximum Gasteiger partial charge on any atom is 0.255 e. The summed E-state index contributed by atoms with van der Waals surface area (Å²) in [5.74, 6) is 1.78. The zero-order valence-corrected chi connectivity index (χ0v) is 17.2. The summed E-state index contributed by atoms with van der Waals surface area (Å²) in [6.07, 6.45) is 2.21. The van der Waals surface area contributed by atoms with Crippen LogP contribution in [-0.2, 0) is 6.42 Å². The number of hydrogen-bond donors (Lipinski definition) is 0. The molecule has 8 nitrogen and oxygen atoms in total. The number of pyridine rings is 1. The van der Waals surface area contributed by atoms with Gasteiger partial charge in [0.05, 0.1) is 18.7 Å². The van der Waals surface area contributed by atoms with Crippen molar-refractivity contribution in [2.24, 2.45) is 0 Å². The second kappa shape index (κ2) is 9.04. The molecule has 2 aromatic heterocycles. The lowest BCUT2D eigenvalue weighted by Gasteiger charge is -2.36. The molecule has 0 aliphatic carbocycles. The summed E-state index contributed by atoms with van der Waals surface area (Å²) in [4.78, 5) is 25.5. The van der Waals surface area contributed by atoms with Crippen molar-refractivity contribution in [3.8, 4) is 5.88 Å². The highest BCUT2D eigenvalue weighted by molar-refractivity contribution is 5.94. The summed E-state index contributed by atoms with van der Waals surface area (Å²) in [6, 6.07) is 13.5. The molecule has 1 aliphatic rings. The Bertz CT molecular complexity index is 966. The zero-order chi connectivity index (χ0) is 20.9. The van der Waals surface area contributed by atoms with E-state index in [0.29, 0.717) is 42.7 Å². The van der Waals surface area contributed by atoms with Gasteiger partial charge in [-0.1, -0.05) is 35.5 Å². The minimum absolute atomic E-state index is 0.00179. The number of aromatic nitrogens is 3. The molecule has 0 saturated carbocycles. The molecule has 0 N–H and O–H groups in total. The van der Waals surface area contributed by atoms with Gasteiger partial charge in [-0.25, -0.2) is 4.98 Å². The molecule has 3 heterocycles. The van der Waals surface area contributed by atoms with E-state index < -0.39 is 0 Å². The predicted molar refractivity (Wildman–Crippen MR) is 110 cm³/mol. The van der Waals surface area contributed by atoms with Gasteiger partial charge in [0, 0.05) is 44.9 Å². The minimum Gasteiger partial charge on any atom is -0.481 e. The molecule has 1 aromatic carbocycles. The summed E-state index contributed by atoms with van der Waals surface area (Å²) in [7, 11) is 1.55. The number of rotatable bonds is 6. The lowest BCUT2D eigenvalue weighted by molar-refractivity contribution is 0.0551. The normalized spacial score (nSPS) is 15.7. The number of hydrogen-bond acceptors (Lipinski definition) is 7. The fraction of sp³-hybridized carbons (Fsp3) is 0.364. The zero-order valence-electron chi connectivity index (χ0n) is 17.2. The van der Waals surface area contributed by atoms with Crippen LogP contribution < -0.4 is 4.74 Å². The number of nitrogens with zero attached hydrogens (tertiary/aromatic N) is 5. The summed E-state index contributed by atoms with van der Waals surface area (Å²) < 4.78 is 10.6. The highest BCUT2D eigenvalue weighted by Crippen LogP contribution is 2.21. The molecule has 1 saturated heterocycles. The lowest BCUT2D eigenvalue weighted by atomic mass is 10.1. The summed E-state index contributed by atoms with van der Waals surface area (Å²) in [5.41, 5.74) is 1.72. The van der Waals surface area contributed by atoms with E-state index in [1.807, 2.05) is 35.2 Å². The second-order valence-electron chi connectivity index (χ2n) is 7.30. The van der Waals surface area contributed by atoms with Gasteiger partial charge in [-0.15, -0.1) is 0 Å². The topological polar surface area (TPSA) is 84.6 Å². The Morgan fingerprint density at radius 1 is 1.13 bits per heavy atom.